The zero-order chi connectivity index (χ0) is 24.1. The summed E-state index contributed by atoms with van der Waals surface area (Å²) in [4.78, 5) is 38.3. The van der Waals surface area contributed by atoms with Gasteiger partial charge in [-0.15, -0.1) is 0 Å². The summed E-state index contributed by atoms with van der Waals surface area (Å²) in [5.74, 6) is -0.0673. The fraction of sp³-hybridized carbons (Fsp3) is 0.185. The van der Waals surface area contributed by atoms with Crippen LogP contribution in [0.15, 0.2) is 66.9 Å². The molecule has 8 nitrogen and oxygen atoms in total. The van der Waals surface area contributed by atoms with E-state index in [0.717, 1.165) is 39.0 Å². The molecule has 3 amide bonds. The number of amides is 3. The number of carbonyl (C=O) groups is 3. The van der Waals surface area contributed by atoms with Gasteiger partial charge in [0.2, 0.25) is 11.8 Å². The summed E-state index contributed by atoms with van der Waals surface area (Å²) in [5, 5.41) is 9.28. The van der Waals surface area contributed by atoms with Gasteiger partial charge in [0.15, 0.2) is 0 Å². The molecule has 2 aliphatic heterocycles. The number of nitrogens with one attached hydrogen (secondary N) is 1. The SMILES string of the molecule is COc1ccc2cc(-c3ccn(-c4ccc5c(c4)CN(C4CCC(=O)NC4=O)C5=O)n3)ccc2c1. The normalized spacial score (nSPS) is 17.6. The average molecular weight is 466 g/mol. The summed E-state index contributed by atoms with van der Waals surface area (Å²) in [6, 6.07) is 19.1. The van der Waals surface area contributed by atoms with Crippen LogP contribution in [0.2, 0.25) is 0 Å². The molecule has 3 aromatic carbocycles. The van der Waals surface area contributed by atoms with Crippen LogP contribution < -0.4 is 10.1 Å². The fourth-order valence-corrected chi connectivity index (χ4v) is 4.84. The summed E-state index contributed by atoms with van der Waals surface area (Å²) in [6.07, 6.45) is 2.47. The Balaban J connectivity index is 1.26. The van der Waals surface area contributed by atoms with E-state index in [0.29, 0.717) is 18.5 Å². The van der Waals surface area contributed by atoms with Crippen molar-refractivity contribution in [3.63, 3.8) is 0 Å². The first-order valence-electron chi connectivity index (χ1n) is 11.4. The van der Waals surface area contributed by atoms with Gasteiger partial charge in [-0.3, -0.25) is 19.7 Å². The zero-order valence-electron chi connectivity index (χ0n) is 19.0. The minimum atomic E-state index is -0.625. The molecule has 35 heavy (non-hydrogen) atoms. The van der Waals surface area contributed by atoms with E-state index in [-0.39, 0.29) is 18.2 Å². The number of ether oxygens (including phenoxy) is 1. The number of fused-ring (bicyclic) bond motifs is 2. The first-order chi connectivity index (χ1) is 17.0. The maximum atomic E-state index is 12.9. The van der Waals surface area contributed by atoms with Gasteiger partial charge in [0, 0.05) is 30.3 Å². The Kier molecular flexibility index (Phi) is 4.88. The van der Waals surface area contributed by atoms with Gasteiger partial charge in [0.1, 0.15) is 11.8 Å². The van der Waals surface area contributed by atoms with E-state index in [1.807, 2.05) is 48.7 Å². The summed E-state index contributed by atoms with van der Waals surface area (Å²) >= 11 is 0. The molecule has 1 unspecified atom stereocenters. The van der Waals surface area contributed by atoms with E-state index in [2.05, 4.69) is 17.4 Å². The molecule has 1 fully saturated rings. The van der Waals surface area contributed by atoms with Crippen LogP contribution in [0, 0.1) is 0 Å². The third-order valence-corrected chi connectivity index (χ3v) is 6.70. The molecule has 4 aromatic rings. The molecule has 0 radical (unpaired) electrons. The molecule has 1 N–H and O–H groups in total. The van der Waals surface area contributed by atoms with E-state index in [1.54, 1.807) is 22.8 Å². The number of hydrogen-bond donors (Lipinski definition) is 1. The number of aromatic nitrogens is 2. The second kappa shape index (κ2) is 8.09. The van der Waals surface area contributed by atoms with Crippen molar-refractivity contribution in [2.75, 3.05) is 7.11 Å². The third-order valence-electron chi connectivity index (χ3n) is 6.70. The van der Waals surface area contributed by atoms with Crippen LogP contribution in [0.1, 0.15) is 28.8 Å². The van der Waals surface area contributed by atoms with Gasteiger partial charge >= 0.3 is 0 Å². The monoisotopic (exact) mass is 466 g/mol. The van der Waals surface area contributed by atoms with Crippen molar-refractivity contribution in [1.82, 2.24) is 20.0 Å². The number of piperidine rings is 1. The second-order valence-electron chi connectivity index (χ2n) is 8.81. The van der Waals surface area contributed by atoms with Gasteiger partial charge in [-0.25, -0.2) is 4.68 Å². The van der Waals surface area contributed by atoms with Crippen molar-refractivity contribution in [2.45, 2.75) is 25.4 Å². The van der Waals surface area contributed by atoms with Crippen LogP contribution >= 0.6 is 0 Å². The van der Waals surface area contributed by atoms with E-state index >= 15 is 0 Å². The summed E-state index contributed by atoms with van der Waals surface area (Å²) in [5.41, 5.74) is 4.09. The topological polar surface area (TPSA) is 93.5 Å². The van der Waals surface area contributed by atoms with Gasteiger partial charge in [0.05, 0.1) is 18.5 Å². The molecule has 1 saturated heterocycles. The molecule has 1 aromatic heterocycles. The Morgan fingerprint density at radius 2 is 1.80 bits per heavy atom. The smallest absolute Gasteiger partial charge is 0.255 e. The largest absolute Gasteiger partial charge is 0.497 e. The Morgan fingerprint density at radius 3 is 2.63 bits per heavy atom. The van der Waals surface area contributed by atoms with Crippen molar-refractivity contribution >= 4 is 28.5 Å². The number of benzene rings is 3. The highest BCUT2D eigenvalue weighted by Crippen LogP contribution is 2.30. The van der Waals surface area contributed by atoms with Crippen molar-refractivity contribution in [1.29, 1.82) is 0 Å². The van der Waals surface area contributed by atoms with Crippen LogP contribution in [0.5, 0.6) is 5.75 Å². The van der Waals surface area contributed by atoms with Gasteiger partial charge in [-0.1, -0.05) is 18.2 Å². The highest BCUT2D eigenvalue weighted by molar-refractivity contribution is 6.05. The highest BCUT2D eigenvalue weighted by Gasteiger charge is 2.39. The van der Waals surface area contributed by atoms with Crippen molar-refractivity contribution in [3.05, 3.63) is 78.0 Å². The van der Waals surface area contributed by atoms with Crippen molar-refractivity contribution < 1.29 is 19.1 Å². The van der Waals surface area contributed by atoms with E-state index in [1.165, 1.54) is 0 Å². The maximum absolute atomic E-state index is 12.9. The number of imide groups is 1. The zero-order valence-corrected chi connectivity index (χ0v) is 19.0. The molecular formula is C27H22N4O4. The molecular weight excluding hydrogens is 444 g/mol. The van der Waals surface area contributed by atoms with Gasteiger partial charge < -0.3 is 9.64 Å². The lowest BCUT2D eigenvalue weighted by molar-refractivity contribution is -0.136. The molecule has 6 rings (SSSR count). The molecule has 0 aliphatic carbocycles. The van der Waals surface area contributed by atoms with Gasteiger partial charge in [-0.2, -0.15) is 5.10 Å². The quantitative estimate of drug-likeness (QED) is 0.465. The van der Waals surface area contributed by atoms with Crippen LogP contribution in [0.25, 0.3) is 27.7 Å². The summed E-state index contributed by atoms with van der Waals surface area (Å²) in [6.45, 7) is 0.330. The standard InChI is InChI=1S/C27H22N4O4/c1-35-21-6-4-16-12-18(3-2-17(16)14-21)23-10-11-31(29-23)20-5-7-22-19(13-20)15-30(27(22)34)24-8-9-25(32)28-26(24)33/h2-7,10-14,24H,8-9,15H2,1H3,(H,28,32,33). The molecule has 174 valence electrons. The van der Waals surface area contributed by atoms with E-state index in [9.17, 15) is 14.4 Å². The van der Waals surface area contributed by atoms with Crippen molar-refractivity contribution in [3.8, 4) is 22.7 Å². The average Bonchev–Trinajstić information content (AvgIpc) is 3.48. The molecule has 1 atom stereocenters. The Labute approximate surface area is 201 Å². The van der Waals surface area contributed by atoms with Gasteiger partial charge in [-0.05, 0) is 65.2 Å². The predicted molar refractivity (Wildman–Crippen MR) is 129 cm³/mol. The van der Waals surface area contributed by atoms with Crippen LogP contribution in [-0.4, -0.2) is 45.6 Å². The molecule has 0 bridgehead atoms. The lowest BCUT2D eigenvalue weighted by Crippen LogP contribution is -2.52. The number of nitrogens with zero attached hydrogens (tertiary/aromatic N) is 3. The van der Waals surface area contributed by atoms with Crippen LogP contribution in [0.3, 0.4) is 0 Å². The molecule has 0 saturated carbocycles. The minimum absolute atomic E-state index is 0.185. The van der Waals surface area contributed by atoms with Crippen LogP contribution in [-0.2, 0) is 16.1 Å². The Hall–Kier alpha value is -4.46. The fourth-order valence-electron chi connectivity index (χ4n) is 4.84. The maximum Gasteiger partial charge on any atom is 0.255 e. The van der Waals surface area contributed by atoms with Gasteiger partial charge in [0.25, 0.3) is 5.91 Å². The van der Waals surface area contributed by atoms with E-state index in [4.69, 9.17) is 9.84 Å². The minimum Gasteiger partial charge on any atom is -0.497 e. The summed E-state index contributed by atoms with van der Waals surface area (Å²) < 4.78 is 7.09. The number of carbonyl (C=O) groups excluding carboxylic acids is 3. The summed E-state index contributed by atoms with van der Waals surface area (Å²) in [7, 11) is 1.66. The third kappa shape index (κ3) is 3.63. The van der Waals surface area contributed by atoms with E-state index < -0.39 is 11.9 Å². The first-order valence-corrected chi connectivity index (χ1v) is 11.4. The lowest BCUT2D eigenvalue weighted by atomic mass is 10.0. The number of methoxy groups -OCH3 is 1. The van der Waals surface area contributed by atoms with Crippen LogP contribution in [0.4, 0.5) is 0 Å². The predicted octanol–water partition coefficient (Wildman–Crippen LogP) is 3.46. The van der Waals surface area contributed by atoms with Crippen molar-refractivity contribution in [2.24, 2.45) is 0 Å². The number of rotatable bonds is 4. The number of hydrogen-bond acceptors (Lipinski definition) is 5. The second-order valence-corrected chi connectivity index (χ2v) is 8.81. The molecule has 2 aliphatic rings. The first kappa shape index (κ1) is 21.1. The molecule has 8 heteroatoms. The lowest BCUT2D eigenvalue weighted by Gasteiger charge is -2.29. The molecule has 0 spiro atoms. The molecule has 3 heterocycles. The Bertz CT molecular complexity index is 1520. The highest BCUT2D eigenvalue weighted by atomic mass is 16.5. The Morgan fingerprint density at radius 1 is 0.971 bits per heavy atom.